The Hall–Kier alpha value is -3.29. The van der Waals surface area contributed by atoms with Crippen molar-refractivity contribution in [2.45, 2.75) is 71.7 Å². The smallest absolute Gasteiger partial charge is 0.408 e. The second-order valence-corrected chi connectivity index (χ2v) is 9.78. The van der Waals surface area contributed by atoms with Crippen LogP contribution >= 0.6 is 0 Å². The van der Waals surface area contributed by atoms with Gasteiger partial charge in [-0.15, -0.1) is 0 Å². The van der Waals surface area contributed by atoms with Gasteiger partial charge in [0.15, 0.2) is 0 Å². The van der Waals surface area contributed by atoms with Crippen LogP contribution < -0.4 is 11.1 Å². The van der Waals surface area contributed by atoms with E-state index in [9.17, 15) is 9.59 Å². The number of allylic oxidation sites excluding steroid dienone is 1. The minimum absolute atomic E-state index is 0.138. The van der Waals surface area contributed by atoms with E-state index in [4.69, 9.17) is 10.5 Å². The number of hydrogen-bond donors (Lipinski definition) is 2. The van der Waals surface area contributed by atoms with Gasteiger partial charge in [0.2, 0.25) is 5.91 Å². The molecule has 0 aromatic heterocycles. The van der Waals surface area contributed by atoms with Crippen molar-refractivity contribution >= 4 is 23.8 Å². The Morgan fingerprint density at radius 1 is 1.29 bits per heavy atom. The molecule has 2 unspecified atom stereocenters. The highest BCUT2D eigenvalue weighted by Crippen LogP contribution is 2.27. The van der Waals surface area contributed by atoms with Crippen molar-refractivity contribution in [3.8, 4) is 0 Å². The van der Waals surface area contributed by atoms with Gasteiger partial charge in [-0.25, -0.2) is 9.79 Å². The summed E-state index contributed by atoms with van der Waals surface area (Å²) >= 11 is 0. The fraction of sp³-hybridized carbons (Fsp3) is 0.500. The van der Waals surface area contributed by atoms with Gasteiger partial charge >= 0.3 is 6.09 Å². The summed E-state index contributed by atoms with van der Waals surface area (Å²) in [6, 6.07) is 8.62. The van der Waals surface area contributed by atoms with E-state index >= 15 is 0 Å². The molecule has 3 N–H and O–H groups in total. The van der Waals surface area contributed by atoms with E-state index in [1.807, 2.05) is 24.3 Å². The molecule has 2 amide bonds. The molecule has 0 aliphatic carbocycles. The molecule has 2 rings (SSSR count). The van der Waals surface area contributed by atoms with Crippen molar-refractivity contribution in [2.75, 3.05) is 13.6 Å². The lowest BCUT2D eigenvalue weighted by Gasteiger charge is -2.27. The molecule has 2 atom stereocenters. The summed E-state index contributed by atoms with van der Waals surface area (Å²) in [5.41, 5.74) is 7.87. The van der Waals surface area contributed by atoms with Gasteiger partial charge in [0.1, 0.15) is 18.0 Å². The number of nitrogens with zero attached hydrogens (tertiary/aromatic N) is 3. The fourth-order valence-electron chi connectivity index (χ4n) is 3.94. The minimum Gasteiger partial charge on any atom is -0.444 e. The topological polar surface area (TPSA) is 100 Å². The van der Waals surface area contributed by atoms with E-state index in [1.54, 1.807) is 38.9 Å². The normalized spacial score (nSPS) is 18.8. The minimum atomic E-state index is -0.618. The van der Waals surface area contributed by atoms with Crippen LogP contribution in [0.25, 0.3) is 5.57 Å². The third-order valence-corrected chi connectivity index (χ3v) is 5.67. The molecule has 1 aromatic rings. The van der Waals surface area contributed by atoms with Crippen molar-refractivity contribution < 1.29 is 14.3 Å². The SMILES string of the molecule is C=C(N=C/C(=C\N)c1cccc(CN(C)C(=O)CNC(=O)OC(C)(C)C)c1)N1C(C)CCC1C. The molecule has 1 saturated heterocycles. The average molecular weight is 470 g/mol. The van der Waals surface area contributed by atoms with Crippen LogP contribution in [0.4, 0.5) is 4.79 Å². The largest absolute Gasteiger partial charge is 0.444 e. The van der Waals surface area contributed by atoms with E-state index in [1.165, 1.54) is 6.20 Å². The third-order valence-electron chi connectivity index (χ3n) is 5.67. The molecule has 8 heteroatoms. The highest BCUT2D eigenvalue weighted by atomic mass is 16.6. The Bertz CT molecular complexity index is 938. The second-order valence-electron chi connectivity index (χ2n) is 9.78. The van der Waals surface area contributed by atoms with Crippen LogP contribution in [0.3, 0.4) is 0 Å². The molecule has 1 fully saturated rings. The molecule has 1 aromatic carbocycles. The van der Waals surface area contributed by atoms with Crippen molar-refractivity contribution in [2.24, 2.45) is 10.7 Å². The van der Waals surface area contributed by atoms with E-state index in [0.717, 1.165) is 35.4 Å². The number of nitrogens with one attached hydrogen (secondary N) is 1. The number of rotatable bonds is 8. The number of amides is 2. The van der Waals surface area contributed by atoms with Gasteiger partial charge < -0.3 is 25.6 Å². The lowest BCUT2D eigenvalue weighted by atomic mass is 10.0. The van der Waals surface area contributed by atoms with Gasteiger partial charge in [-0.05, 0) is 64.7 Å². The highest BCUT2D eigenvalue weighted by Gasteiger charge is 2.27. The van der Waals surface area contributed by atoms with Crippen LogP contribution in [0.1, 0.15) is 58.6 Å². The van der Waals surface area contributed by atoms with Crippen LogP contribution in [0, 0.1) is 0 Å². The number of benzene rings is 1. The van der Waals surface area contributed by atoms with Gasteiger partial charge in [0.25, 0.3) is 0 Å². The number of carbonyl (C=O) groups is 2. The number of likely N-dealkylation sites (tertiary alicyclic amines) is 1. The van der Waals surface area contributed by atoms with Gasteiger partial charge in [-0.2, -0.15) is 0 Å². The Morgan fingerprint density at radius 3 is 2.53 bits per heavy atom. The quantitative estimate of drug-likeness (QED) is 0.563. The van der Waals surface area contributed by atoms with Crippen LogP contribution in [-0.4, -0.2) is 59.3 Å². The van der Waals surface area contributed by atoms with Crippen LogP contribution in [-0.2, 0) is 16.1 Å². The van der Waals surface area contributed by atoms with E-state index < -0.39 is 11.7 Å². The maximum atomic E-state index is 12.4. The zero-order chi connectivity index (χ0) is 25.5. The third kappa shape index (κ3) is 7.93. The molecule has 0 spiro atoms. The highest BCUT2D eigenvalue weighted by molar-refractivity contribution is 6.10. The summed E-state index contributed by atoms with van der Waals surface area (Å²) in [4.78, 5) is 32.6. The molecule has 0 radical (unpaired) electrons. The van der Waals surface area contributed by atoms with Gasteiger partial charge in [0.05, 0.1) is 0 Å². The summed E-state index contributed by atoms with van der Waals surface area (Å²) in [5, 5.41) is 2.49. The van der Waals surface area contributed by atoms with Crippen LogP contribution in [0.2, 0.25) is 0 Å². The lowest BCUT2D eigenvalue weighted by Crippen LogP contribution is -2.40. The summed E-state index contributed by atoms with van der Waals surface area (Å²) in [5.74, 6) is 0.508. The van der Waals surface area contributed by atoms with Crippen molar-refractivity contribution in [1.82, 2.24) is 15.1 Å². The first-order valence-corrected chi connectivity index (χ1v) is 11.6. The summed E-state index contributed by atoms with van der Waals surface area (Å²) in [6.45, 7) is 14.1. The zero-order valence-electron chi connectivity index (χ0n) is 21.3. The molecule has 1 heterocycles. The predicted molar refractivity (Wildman–Crippen MR) is 137 cm³/mol. The first-order valence-electron chi connectivity index (χ1n) is 11.6. The fourth-order valence-corrected chi connectivity index (χ4v) is 3.94. The number of aliphatic imine (C=N–C) groups is 1. The standard InChI is InChI=1S/C26H39N5O3/c1-18-11-12-19(2)31(18)20(3)28-15-23(14-27)22-10-8-9-21(13-22)17-30(7)24(32)16-29-25(33)34-26(4,5)6/h8-10,13-15,18-19H,3,11-12,16-17,27H2,1-2,4-7H3,(H,29,33)/b23-14+,28-15?. The number of hydrogen-bond acceptors (Lipinski definition) is 6. The number of alkyl carbamates (subject to hydrolysis) is 1. The molecule has 0 bridgehead atoms. The van der Waals surface area contributed by atoms with Gasteiger partial charge in [-0.3, -0.25) is 4.79 Å². The first kappa shape index (κ1) is 27.0. The van der Waals surface area contributed by atoms with Crippen molar-refractivity contribution in [1.29, 1.82) is 0 Å². The zero-order valence-corrected chi connectivity index (χ0v) is 21.3. The molecular weight excluding hydrogens is 430 g/mol. The summed E-state index contributed by atoms with van der Waals surface area (Å²) in [6.07, 6.45) is 4.91. The maximum absolute atomic E-state index is 12.4. The first-order chi connectivity index (χ1) is 15.9. The summed E-state index contributed by atoms with van der Waals surface area (Å²) in [7, 11) is 1.69. The van der Waals surface area contributed by atoms with Crippen molar-refractivity contribution in [3.63, 3.8) is 0 Å². The second kappa shape index (κ2) is 11.7. The number of likely N-dealkylation sites (N-methyl/N-ethyl adjacent to an activating group) is 1. The number of nitrogens with two attached hydrogens (primary N) is 1. The van der Waals surface area contributed by atoms with E-state index in [2.05, 4.69) is 35.6 Å². The Kier molecular flexibility index (Phi) is 9.29. The van der Waals surface area contributed by atoms with E-state index in [0.29, 0.717) is 18.6 Å². The molecular formula is C26H39N5O3. The Balaban J connectivity index is 1.99. The summed E-state index contributed by atoms with van der Waals surface area (Å²) < 4.78 is 5.16. The number of carbonyl (C=O) groups excluding carboxylic acids is 2. The monoisotopic (exact) mass is 469 g/mol. The Labute approximate surface area is 203 Å². The molecule has 1 aliphatic rings. The van der Waals surface area contributed by atoms with E-state index in [-0.39, 0.29) is 12.5 Å². The molecule has 1 aliphatic heterocycles. The molecule has 186 valence electrons. The van der Waals surface area contributed by atoms with Gasteiger partial charge in [-0.1, -0.05) is 24.8 Å². The maximum Gasteiger partial charge on any atom is 0.408 e. The Morgan fingerprint density at radius 2 is 1.94 bits per heavy atom. The van der Waals surface area contributed by atoms with Crippen molar-refractivity contribution in [3.05, 3.63) is 54.0 Å². The predicted octanol–water partition coefficient (Wildman–Crippen LogP) is 3.88. The molecule has 0 saturated carbocycles. The van der Waals surface area contributed by atoms with Crippen LogP contribution in [0.5, 0.6) is 0 Å². The van der Waals surface area contributed by atoms with Gasteiger partial charge in [0, 0.05) is 43.7 Å². The average Bonchev–Trinajstić information content (AvgIpc) is 3.09. The lowest BCUT2D eigenvalue weighted by molar-refractivity contribution is -0.129. The van der Waals surface area contributed by atoms with Crippen LogP contribution in [0.15, 0.2) is 47.9 Å². The molecule has 34 heavy (non-hydrogen) atoms. The number of ether oxygens (including phenoxy) is 1. The molecule has 8 nitrogen and oxygen atoms in total.